The maximum atomic E-state index is 13.8. The molecule has 1 atom stereocenters. The lowest BCUT2D eigenvalue weighted by Crippen LogP contribution is -2.41. The van der Waals surface area contributed by atoms with Crippen molar-refractivity contribution >= 4 is 28.0 Å². The highest BCUT2D eigenvalue weighted by atomic mass is 32.2. The Hall–Kier alpha value is -1.90. The van der Waals surface area contributed by atoms with Gasteiger partial charge in [0.25, 0.3) is 10.0 Å². The predicted molar refractivity (Wildman–Crippen MR) is 124 cm³/mol. The Morgan fingerprint density at radius 1 is 1.06 bits per heavy atom. The summed E-state index contributed by atoms with van der Waals surface area (Å²) in [6.07, 6.45) is 5.77. The van der Waals surface area contributed by atoms with Gasteiger partial charge in [0.2, 0.25) is 0 Å². The van der Waals surface area contributed by atoms with Gasteiger partial charge in [-0.15, -0.1) is 0 Å². The third-order valence-corrected chi connectivity index (χ3v) is 9.12. The molecule has 0 bridgehead atoms. The largest absolute Gasteiger partial charge is 0.494 e. The lowest BCUT2D eigenvalue weighted by Gasteiger charge is -2.32. The van der Waals surface area contributed by atoms with E-state index < -0.39 is 33.1 Å². The van der Waals surface area contributed by atoms with Gasteiger partial charge in [0, 0.05) is 5.39 Å². The van der Waals surface area contributed by atoms with Crippen molar-refractivity contribution in [3.05, 3.63) is 53.7 Å². The third kappa shape index (κ3) is 3.40. The molecule has 8 heteroatoms. The minimum Gasteiger partial charge on any atom is -0.399 e. The molecule has 1 aliphatic carbocycles. The van der Waals surface area contributed by atoms with E-state index in [1.165, 1.54) is 4.09 Å². The van der Waals surface area contributed by atoms with Crippen LogP contribution in [0.25, 0.3) is 10.9 Å². The molecule has 0 saturated carbocycles. The van der Waals surface area contributed by atoms with E-state index in [-0.39, 0.29) is 5.92 Å². The van der Waals surface area contributed by atoms with E-state index >= 15 is 0 Å². The summed E-state index contributed by atoms with van der Waals surface area (Å²) < 4.78 is 40.1. The fraction of sp³-hybridized carbons (Fsp3) is 0.522. The SMILES string of the molecule is CC(C)C1=CC(C)(S(=O)(=O)n2ncc3ccccc32)CC=C1B1OC(C)(C)C(C)(C)O1. The fourth-order valence-corrected chi connectivity index (χ4v) is 5.68. The number of benzene rings is 1. The maximum absolute atomic E-state index is 13.8. The quantitative estimate of drug-likeness (QED) is 0.652. The fourth-order valence-electron chi connectivity index (χ4n) is 4.12. The zero-order chi connectivity index (χ0) is 22.8. The summed E-state index contributed by atoms with van der Waals surface area (Å²) in [6, 6.07) is 7.35. The number of rotatable bonds is 4. The first-order valence-electron chi connectivity index (χ1n) is 10.8. The molecular weight excluding hydrogens is 411 g/mol. The van der Waals surface area contributed by atoms with Gasteiger partial charge in [-0.1, -0.05) is 44.2 Å². The molecule has 1 aromatic heterocycles. The summed E-state index contributed by atoms with van der Waals surface area (Å²) in [5.41, 5.74) is 1.53. The zero-order valence-corrected chi connectivity index (χ0v) is 20.2. The van der Waals surface area contributed by atoms with Crippen LogP contribution in [0, 0.1) is 5.92 Å². The van der Waals surface area contributed by atoms with E-state index in [1.54, 1.807) is 19.2 Å². The van der Waals surface area contributed by atoms with E-state index in [0.717, 1.165) is 16.4 Å². The van der Waals surface area contributed by atoms with Crippen LogP contribution in [0.5, 0.6) is 0 Å². The number of nitrogens with zero attached hydrogens (tertiary/aromatic N) is 2. The summed E-state index contributed by atoms with van der Waals surface area (Å²) in [4.78, 5) is 0. The van der Waals surface area contributed by atoms with Gasteiger partial charge in [-0.3, -0.25) is 0 Å². The van der Waals surface area contributed by atoms with E-state index in [9.17, 15) is 8.42 Å². The number of allylic oxidation sites excluding steroid dienone is 3. The molecule has 0 N–H and O–H groups in total. The van der Waals surface area contributed by atoms with E-state index in [4.69, 9.17) is 9.31 Å². The molecule has 1 unspecified atom stereocenters. The number of hydrogen-bond acceptors (Lipinski definition) is 5. The topological polar surface area (TPSA) is 70.4 Å². The molecule has 2 aliphatic rings. The third-order valence-electron chi connectivity index (χ3n) is 6.91. The Bertz CT molecular complexity index is 1180. The molecule has 1 aromatic carbocycles. The summed E-state index contributed by atoms with van der Waals surface area (Å²) in [7, 11) is -4.32. The van der Waals surface area contributed by atoms with Gasteiger partial charge in [-0.05, 0) is 64.1 Å². The Morgan fingerprint density at radius 3 is 2.29 bits per heavy atom. The summed E-state index contributed by atoms with van der Waals surface area (Å²) in [5.74, 6) is 0.106. The van der Waals surface area contributed by atoms with Gasteiger partial charge in [-0.25, -0.2) is 8.42 Å². The van der Waals surface area contributed by atoms with Crippen molar-refractivity contribution in [2.24, 2.45) is 5.92 Å². The number of hydrogen-bond donors (Lipinski definition) is 0. The molecule has 1 aliphatic heterocycles. The monoisotopic (exact) mass is 442 g/mol. The minimum atomic E-state index is -3.80. The molecule has 6 nitrogen and oxygen atoms in total. The van der Waals surface area contributed by atoms with Crippen LogP contribution in [0.1, 0.15) is 54.9 Å². The van der Waals surface area contributed by atoms with Crippen molar-refractivity contribution in [2.75, 3.05) is 0 Å². The van der Waals surface area contributed by atoms with Crippen LogP contribution in [0.4, 0.5) is 0 Å². The first kappa shape index (κ1) is 22.3. The molecule has 166 valence electrons. The Morgan fingerprint density at radius 2 is 1.68 bits per heavy atom. The van der Waals surface area contributed by atoms with Gasteiger partial charge >= 0.3 is 7.12 Å². The lowest BCUT2D eigenvalue weighted by atomic mass is 9.67. The Labute approximate surface area is 185 Å². The standard InChI is InChI=1S/C23H31BN2O4S/c1-16(2)18-14-23(7,13-12-19(18)24-29-21(3,4)22(5,6)30-24)31(27,28)26-20-11-9-8-10-17(20)15-25-26/h8-12,14-16H,13H2,1-7H3. The molecule has 1 fully saturated rings. The Balaban J connectivity index is 1.75. The van der Waals surface area contributed by atoms with Gasteiger partial charge in [0.05, 0.1) is 22.9 Å². The van der Waals surface area contributed by atoms with E-state index in [1.807, 2.05) is 58.0 Å². The second-order valence-electron chi connectivity index (χ2n) is 10.1. The molecule has 31 heavy (non-hydrogen) atoms. The number of para-hydroxylation sites is 1. The van der Waals surface area contributed by atoms with Crippen LogP contribution in [-0.4, -0.2) is 40.7 Å². The van der Waals surface area contributed by atoms with Gasteiger partial charge < -0.3 is 9.31 Å². The summed E-state index contributed by atoms with van der Waals surface area (Å²) in [6.45, 7) is 14.0. The molecule has 0 amide bonds. The maximum Gasteiger partial charge on any atom is 0.494 e. The van der Waals surface area contributed by atoms with Crippen molar-refractivity contribution in [1.29, 1.82) is 0 Å². The molecule has 0 radical (unpaired) electrons. The smallest absolute Gasteiger partial charge is 0.399 e. The highest BCUT2D eigenvalue weighted by Crippen LogP contribution is 2.44. The van der Waals surface area contributed by atoms with Crippen molar-refractivity contribution in [2.45, 2.75) is 70.8 Å². The molecule has 4 rings (SSSR count). The molecule has 0 spiro atoms. The number of fused-ring (bicyclic) bond motifs is 1. The highest BCUT2D eigenvalue weighted by Gasteiger charge is 2.54. The zero-order valence-electron chi connectivity index (χ0n) is 19.3. The predicted octanol–water partition coefficient (Wildman–Crippen LogP) is 4.52. The van der Waals surface area contributed by atoms with Crippen LogP contribution in [0.3, 0.4) is 0 Å². The van der Waals surface area contributed by atoms with Gasteiger partial charge in [-0.2, -0.15) is 9.19 Å². The van der Waals surface area contributed by atoms with Crippen LogP contribution >= 0.6 is 0 Å². The van der Waals surface area contributed by atoms with Gasteiger partial charge in [0.1, 0.15) is 4.75 Å². The van der Waals surface area contributed by atoms with Crippen LogP contribution in [-0.2, 0) is 19.3 Å². The Kier molecular flexibility index (Phi) is 5.07. The van der Waals surface area contributed by atoms with E-state index in [2.05, 4.69) is 18.9 Å². The summed E-state index contributed by atoms with van der Waals surface area (Å²) >= 11 is 0. The van der Waals surface area contributed by atoms with Crippen LogP contribution in [0.2, 0.25) is 0 Å². The van der Waals surface area contributed by atoms with Crippen molar-refractivity contribution in [1.82, 2.24) is 9.19 Å². The van der Waals surface area contributed by atoms with Crippen molar-refractivity contribution in [3.63, 3.8) is 0 Å². The van der Waals surface area contributed by atoms with Gasteiger partial charge in [0.15, 0.2) is 0 Å². The van der Waals surface area contributed by atoms with Crippen LogP contribution < -0.4 is 0 Å². The molecule has 1 saturated heterocycles. The lowest BCUT2D eigenvalue weighted by molar-refractivity contribution is 0.00578. The minimum absolute atomic E-state index is 0.106. The molecule has 2 aromatic rings. The van der Waals surface area contributed by atoms with Crippen LogP contribution in [0.15, 0.2) is 53.7 Å². The summed E-state index contributed by atoms with van der Waals surface area (Å²) in [5, 5.41) is 5.02. The first-order valence-corrected chi connectivity index (χ1v) is 12.2. The highest BCUT2D eigenvalue weighted by molar-refractivity contribution is 7.91. The normalized spacial score (nSPS) is 25.7. The number of aromatic nitrogens is 2. The second kappa shape index (κ2) is 7.05. The van der Waals surface area contributed by atoms with Crippen molar-refractivity contribution in [3.8, 4) is 0 Å². The van der Waals surface area contributed by atoms with Crippen molar-refractivity contribution < 1.29 is 17.7 Å². The first-order chi connectivity index (χ1) is 14.3. The molecule has 2 heterocycles. The van der Waals surface area contributed by atoms with E-state index in [0.29, 0.717) is 11.9 Å². The average Bonchev–Trinajstić information content (AvgIpc) is 3.20. The molecular formula is C23H31BN2O4S. The average molecular weight is 442 g/mol. The second-order valence-corrected chi connectivity index (χ2v) is 12.3.